The maximum atomic E-state index is 12.3. The number of ether oxygens (including phenoxy) is 2. The zero-order valence-corrected chi connectivity index (χ0v) is 18.3. The predicted molar refractivity (Wildman–Crippen MR) is 125 cm³/mol. The molecule has 0 saturated heterocycles. The second-order valence-corrected chi connectivity index (χ2v) is 7.38. The molecule has 36 heavy (non-hydrogen) atoms. The minimum Gasteiger partial charge on any atom is -0.450 e. The van der Waals surface area contributed by atoms with E-state index in [2.05, 4.69) is 4.99 Å². The molecule has 0 aromatic heterocycles. The highest BCUT2D eigenvalue weighted by molar-refractivity contribution is 6.13. The van der Waals surface area contributed by atoms with Gasteiger partial charge in [0.05, 0.1) is 20.8 Å². The number of carbonyl (C=O) groups is 1. The fourth-order valence-electron chi connectivity index (χ4n) is 3.34. The molecule has 180 valence electrons. The lowest BCUT2D eigenvalue weighted by molar-refractivity contribution is -0.394. The highest BCUT2D eigenvalue weighted by Crippen LogP contribution is 2.34. The number of hydrogen-bond acceptors (Lipinski definition) is 10. The van der Waals surface area contributed by atoms with Crippen molar-refractivity contribution < 1.29 is 29.0 Å². The first kappa shape index (κ1) is 23.7. The van der Waals surface area contributed by atoms with Crippen LogP contribution in [-0.2, 0) is 9.53 Å². The first-order valence-electron chi connectivity index (χ1n) is 10.1. The van der Waals surface area contributed by atoms with E-state index in [4.69, 9.17) is 9.47 Å². The highest BCUT2D eigenvalue weighted by Gasteiger charge is 2.27. The molecule has 0 saturated carbocycles. The van der Waals surface area contributed by atoms with E-state index in [-0.39, 0.29) is 28.8 Å². The van der Waals surface area contributed by atoms with Crippen LogP contribution in [0.3, 0.4) is 0 Å². The van der Waals surface area contributed by atoms with E-state index in [1.54, 1.807) is 18.2 Å². The summed E-state index contributed by atoms with van der Waals surface area (Å²) in [4.78, 5) is 47.7. The number of hydrogen-bond donors (Lipinski definition) is 0. The molecule has 0 N–H and O–H groups in total. The first-order chi connectivity index (χ1) is 17.1. The summed E-state index contributed by atoms with van der Waals surface area (Å²) in [6.07, 6.45) is 1.43. The number of aliphatic imine (C=N–C) groups is 1. The summed E-state index contributed by atoms with van der Waals surface area (Å²) in [5.74, 6) is -0.771. The lowest BCUT2D eigenvalue weighted by Gasteiger charge is -2.06. The van der Waals surface area contributed by atoms with Gasteiger partial charge in [-0.2, -0.15) is 0 Å². The number of benzene rings is 3. The zero-order chi connectivity index (χ0) is 26.0. The molecular weight excluding hydrogens is 476 g/mol. The molecule has 4 rings (SSSR count). The molecule has 3 aromatic carbocycles. The van der Waals surface area contributed by atoms with E-state index in [0.717, 1.165) is 18.2 Å². The maximum Gasteiger partial charge on any atom is 0.363 e. The summed E-state index contributed by atoms with van der Waals surface area (Å²) in [5.41, 5.74) is -0.0370. The van der Waals surface area contributed by atoms with Crippen molar-refractivity contribution in [3.63, 3.8) is 0 Å². The van der Waals surface area contributed by atoms with Crippen molar-refractivity contribution in [3.05, 3.63) is 113 Å². The van der Waals surface area contributed by atoms with Crippen LogP contribution in [0, 0.1) is 37.3 Å². The molecule has 1 aliphatic heterocycles. The third-order valence-electron chi connectivity index (χ3n) is 5.11. The Labute approximate surface area is 201 Å². The van der Waals surface area contributed by atoms with Crippen LogP contribution in [0.25, 0.3) is 6.08 Å². The third-order valence-corrected chi connectivity index (χ3v) is 5.11. The van der Waals surface area contributed by atoms with Gasteiger partial charge in [-0.1, -0.05) is 18.2 Å². The second kappa shape index (κ2) is 9.42. The van der Waals surface area contributed by atoms with Crippen LogP contribution in [-0.4, -0.2) is 26.6 Å². The Kier molecular flexibility index (Phi) is 6.20. The smallest absolute Gasteiger partial charge is 0.363 e. The summed E-state index contributed by atoms with van der Waals surface area (Å²) in [5, 5.41) is 33.3. The third kappa shape index (κ3) is 4.75. The van der Waals surface area contributed by atoms with Crippen LogP contribution in [0.1, 0.15) is 16.7 Å². The first-order valence-corrected chi connectivity index (χ1v) is 10.1. The number of nitro groups is 3. The fraction of sp³-hybridized carbons (Fsp3) is 0.0435. The minimum absolute atomic E-state index is 0.0319. The molecule has 0 bridgehead atoms. The van der Waals surface area contributed by atoms with Crippen molar-refractivity contribution in [2.24, 2.45) is 4.99 Å². The van der Waals surface area contributed by atoms with Crippen molar-refractivity contribution in [1.82, 2.24) is 0 Å². The van der Waals surface area contributed by atoms with Crippen LogP contribution in [0.15, 0.2) is 71.4 Å². The van der Waals surface area contributed by atoms with Gasteiger partial charge in [-0.3, -0.25) is 30.3 Å². The van der Waals surface area contributed by atoms with Crippen LogP contribution < -0.4 is 4.74 Å². The average Bonchev–Trinajstić information content (AvgIpc) is 3.19. The Hall–Kier alpha value is -5.46. The lowest BCUT2D eigenvalue weighted by atomic mass is 10.1. The Morgan fingerprint density at radius 3 is 2.22 bits per heavy atom. The number of nitrogens with zero attached hydrogens (tertiary/aromatic N) is 4. The average molecular weight is 490 g/mol. The van der Waals surface area contributed by atoms with E-state index in [1.165, 1.54) is 37.3 Å². The summed E-state index contributed by atoms with van der Waals surface area (Å²) in [7, 11) is 0. The summed E-state index contributed by atoms with van der Waals surface area (Å²) in [6.45, 7) is 1.53. The molecule has 0 spiro atoms. The number of non-ortho nitro benzene ring substituents is 1. The van der Waals surface area contributed by atoms with Gasteiger partial charge in [0.1, 0.15) is 5.75 Å². The highest BCUT2D eigenvalue weighted by atomic mass is 16.6. The molecule has 13 heteroatoms. The molecule has 0 aliphatic carbocycles. The van der Waals surface area contributed by atoms with Crippen molar-refractivity contribution in [2.75, 3.05) is 0 Å². The summed E-state index contributed by atoms with van der Waals surface area (Å²) >= 11 is 0. The number of esters is 1. The Morgan fingerprint density at radius 2 is 1.58 bits per heavy atom. The van der Waals surface area contributed by atoms with Gasteiger partial charge in [0.15, 0.2) is 5.70 Å². The number of rotatable bonds is 7. The largest absolute Gasteiger partial charge is 0.450 e. The van der Waals surface area contributed by atoms with Gasteiger partial charge in [0.2, 0.25) is 11.6 Å². The summed E-state index contributed by atoms with van der Waals surface area (Å²) in [6, 6.07) is 13.4. The number of nitro benzene ring substituents is 3. The van der Waals surface area contributed by atoms with Gasteiger partial charge < -0.3 is 9.47 Å². The second-order valence-electron chi connectivity index (χ2n) is 7.38. The van der Waals surface area contributed by atoms with Gasteiger partial charge >= 0.3 is 11.7 Å². The molecular formula is C23H14N4O9. The molecule has 1 aliphatic rings. The molecule has 0 radical (unpaired) electrons. The molecule has 0 atom stereocenters. The fourth-order valence-corrected chi connectivity index (χ4v) is 3.34. The van der Waals surface area contributed by atoms with E-state index < -0.39 is 32.1 Å². The Bertz CT molecular complexity index is 1490. The quantitative estimate of drug-likeness (QED) is 0.194. The number of carbonyl (C=O) groups excluding carboxylic acids is 1. The van der Waals surface area contributed by atoms with Crippen LogP contribution in [0.2, 0.25) is 0 Å². The van der Waals surface area contributed by atoms with Crippen molar-refractivity contribution in [1.29, 1.82) is 0 Å². The van der Waals surface area contributed by atoms with Gasteiger partial charge in [-0.15, -0.1) is 0 Å². The molecule has 13 nitrogen and oxygen atoms in total. The van der Waals surface area contributed by atoms with E-state index in [1.807, 2.05) is 0 Å². The zero-order valence-electron chi connectivity index (χ0n) is 18.3. The van der Waals surface area contributed by atoms with Crippen molar-refractivity contribution >= 4 is 35.0 Å². The van der Waals surface area contributed by atoms with Gasteiger partial charge in [-0.05, 0) is 42.8 Å². The minimum atomic E-state index is -0.786. The van der Waals surface area contributed by atoms with Crippen LogP contribution in [0.5, 0.6) is 11.5 Å². The summed E-state index contributed by atoms with van der Waals surface area (Å²) < 4.78 is 10.7. The Morgan fingerprint density at radius 1 is 0.889 bits per heavy atom. The van der Waals surface area contributed by atoms with Crippen LogP contribution >= 0.6 is 0 Å². The van der Waals surface area contributed by atoms with E-state index in [0.29, 0.717) is 16.7 Å². The number of cyclic esters (lactones) is 1. The van der Waals surface area contributed by atoms with E-state index in [9.17, 15) is 35.1 Å². The molecule has 1 heterocycles. The van der Waals surface area contributed by atoms with Crippen molar-refractivity contribution in [2.45, 2.75) is 6.92 Å². The molecule has 3 aromatic rings. The van der Waals surface area contributed by atoms with Crippen molar-refractivity contribution in [3.8, 4) is 11.5 Å². The van der Waals surface area contributed by atoms with Gasteiger partial charge in [0, 0.05) is 23.3 Å². The standard InChI is InChI=1S/C23H14N4O9/c1-13-17(3-2-4-19(13)26(31)32)22-24-18(23(28)36-22)11-14-5-8-16(9-6-14)35-21-10-7-15(25(29)30)12-20(21)27(33)34/h2-12H,1H3/b18-11-. The van der Waals surface area contributed by atoms with Gasteiger partial charge in [-0.25, -0.2) is 9.79 Å². The SMILES string of the molecule is Cc1c(C2=N/C(=C\c3ccc(Oc4ccc([N+](=O)[O-])cc4[N+](=O)[O-])cc3)C(=O)O2)cccc1[N+](=O)[O-]. The van der Waals surface area contributed by atoms with Gasteiger partial charge in [0.25, 0.3) is 11.4 Å². The normalized spacial score (nSPS) is 13.8. The topological polar surface area (TPSA) is 177 Å². The molecule has 0 amide bonds. The van der Waals surface area contributed by atoms with Crippen LogP contribution in [0.4, 0.5) is 17.1 Å². The molecule has 0 fully saturated rings. The Balaban J connectivity index is 1.57. The maximum absolute atomic E-state index is 12.3. The lowest BCUT2D eigenvalue weighted by Crippen LogP contribution is -2.08. The monoisotopic (exact) mass is 490 g/mol. The van der Waals surface area contributed by atoms with E-state index >= 15 is 0 Å². The molecule has 0 unspecified atom stereocenters. The predicted octanol–water partition coefficient (Wildman–Crippen LogP) is 4.86.